The number of carboxylic acids is 1. The molecular formula is C19H12O2. The van der Waals surface area contributed by atoms with Crippen molar-refractivity contribution >= 4 is 38.3 Å². The van der Waals surface area contributed by atoms with Crippen LogP contribution in [-0.2, 0) is 0 Å². The number of carbonyl (C=O) groups is 1. The lowest BCUT2D eigenvalue weighted by atomic mass is 9.94. The number of hydrogen-bond donors (Lipinski definition) is 1. The molecule has 0 radical (unpaired) electrons. The molecule has 0 bridgehead atoms. The van der Waals surface area contributed by atoms with Crippen LogP contribution in [-0.4, -0.2) is 11.1 Å². The van der Waals surface area contributed by atoms with Gasteiger partial charge in [0, 0.05) is 0 Å². The summed E-state index contributed by atoms with van der Waals surface area (Å²) in [5.41, 5.74) is 0.356. The zero-order chi connectivity index (χ0) is 14.4. The van der Waals surface area contributed by atoms with E-state index in [0.29, 0.717) is 5.56 Å². The van der Waals surface area contributed by atoms with E-state index in [4.69, 9.17) is 0 Å². The summed E-state index contributed by atoms with van der Waals surface area (Å²) >= 11 is 0. The van der Waals surface area contributed by atoms with E-state index in [-0.39, 0.29) is 0 Å². The van der Waals surface area contributed by atoms with Crippen LogP contribution in [0.15, 0.2) is 66.7 Å². The highest BCUT2D eigenvalue weighted by Crippen LogP contribution is 2.33. The molecule has 2 heteroatoms. The van der Waals surface area contributed by atoms with E-state index in [2.05, 4.69) is 12.1 Å². The SMILES string of the molecule is O=C(O)c1cc2c3ccccc3ccc2c2ccccc12. The summed E-state index contributed by atoms with van der Waals surface area (Å²) in [6.07, 6.45) is 0. The Bertz CT molecular complexity index is 1020. The fourth-order valence-corrected chi connectivity index (χ4v) is 3.04. The second kappa shape index (κ2) is 4.32. The van der Waals surface area contributed by atoms with Crippen LogP contribution in [0.3, 0.4) is 0 Å². The van der Waals surface area contributed by atoms with Crippen LogP contribution in [0.5, 0.6) is 0 Å². The zero-order valence-corrected chi connectivity index (χ0v) is 11.2. The van der Waals surface area contributed by atoms with Crippen LogP contribution in [0.4, 0.5) is 0 Å². The molecule has 0 aromatic heterocycles. The minimum atomic E-state index is -0.888. The van der Waals surface area contributed by atoms with Crippen LogP contribution in [0.1, 0.15) is 10.4 Å². The van der Waals surface area contributed by atoms with Gasteiger partial charge in [-0.2, -0.15) is 0 Å². The van der Waals surface area contributed by atoms with Crippen LogP contribution in [0.2, 0.25) is 0 Å². The predicted molar refractivity (Wildman–Crippen MR) is 85.9 cm³/mol. The first kappa shape index (κ1) is 11.9. The Hall–Kier alpha value is -2.87. The zero-order valence-electron chi connectivity index (χ0n) is 11.2. The molecule has 2 nitrogen and oxygen atoms in total. The van der Waals surface area contributed by atoms with E-state index in [1.54, 1.807) is 6.07 Å². The molecule has 0 aliphatic heterocycles. The normalized spacial score (nSPS) is 11.2. The van der Waals surface area contributed by atoms with E-state index in [1.165, 1.54) is 0 Å². The smallest absolute Gasteiger partial charge is 0.336 e. The third-order valence-electron chi connectivity index (χ3n) is 4.00. The summed E-state index contributed by atoms with van der Waals surface area (Å²) in [7, 11) is 0. The van der Waals surface area contributed by atoms with Crippen LogP contribution >= 0.6 is 0 Å². The molecule has 0 aliphatic rings. The standard InChI is InChI=1S/C19H12O2/c20-19(21)18-11-17-13-6-2-1-5-12(13)9-10-16(17)14-7-3-4-8-15(14)18/h1-11H,(H,20,21). The second-order valence-corrected chi connectivity index (χ2v) is 5.16. The summed E-state index contributed by atoms with van der Waals surface area (Å²) in [4.78, 5) is 11.6. The molecule has 0 saturated heterocycles. The van der Waals surface area contributed by atoms with Gasteiger partial charge in [0.15, 0.2) is 0 Å². The van der Waals surface area contributed by atoms with E-state index in [9.17, 15) is 9.90 Å². The summed E-state index contributed by atoms with van der Waals surface area (Å²) in [5, 5.41) is 15.6. The van der Waals surface area contributed by atoms with Gasteiger partial charge < -0.3 is 5.11 Å². The largest absolute Gasteiger partial charge is 0.478 e. The minimum absolute atomic E-state index is 0.356. The molecule has 0 fully saturated rings. The summed E-state index contributed by atoms with van der Waals surface area (Å²) in [5.74, 6) is -0.888. The average molecular weight is 272 g/mol. The molecular weight excluding hydrogens is 260 g/mol. The van der Waals surface area contributed by atoms with E-state index in [0.717, 1.165) is 32.3 Å². The Morgan fingerprint density at radius 1 is 0.667 bits per heavy atom. The van der Waals surface area contributed by atoms with Crippen molar-refractivity contribution < 1.29 is 9.90 Å². The Kier molecular flexibility index (Phi) is 2.45. The number of carboxylic acid groups (broad SMARTS) is 1. The van der Waals surface area contributed by atoms with Crippen molar-refractivity contribution in [3.63, 3.8) is 0 Å². The molecule has 4 aromatic carbocycles. The highest BCUT2D eigenvalue weighted by atomic mass is 16.4. The number of benzene rings is 4. The van der Waals surface area contributed by atoms with Crippen molar-refractivity contribution in [3.05, 3.63) is 72.3 Å². The van der Waals surface area contributed by atoms with Gasteiger partial charge in [0.25, 0.3) is 0 Å². The lowest BCUT2D eigenvalue weighted by Gasteiger charge is -2.10. The molecule has 0 atom stereocenters. The molecule has 4 aromatic rings. The Morgan fingerprint density at radius 2 is 1.29 bits per heavy atom. The Labute approximate surface area is 121 Å². The molecule has 1 N–H and O–H groups in total. The molecule has 0 amide bonds. The summed E-state index contributed by atoms with van der Waals surface area (Å²) in [6.45, 7) is 0. The maximum atomic E-state index is 11.6. The Morgan fingerprint density at radius 3 is 2.05 bits per heavy atom. The number of aromatic carboxylic acids is 1. The summed E-state index contributed by atoms with van der Waals surface area (Å²) in [6, 6.07) is 21.7. The number of rotatable bonds is 1. The highest BCUT2D eigenvalue weighted by molar-refractivity contribution is 6.21. The monoisotopic (exact) mass is 272 g/mol. The highest BCUT2D eigenvalue weighted by Gasteiger charge is 2.12. The molecule has 0 heterocycles. The van der Waals surface area contributed by atoms with Crippen LogP contribution in [0.25, 0.3) is 32.3 Å². The van der Waals surface area contributed by atoms with Gasteiger partial charge in [-0.1, -0.05) is 60.7 Å². The van der Waals surface area contributed by atoms with Crippen molar-refractivity contribution in [2.75, 3.05) is 0 Å². The fourth-order valence-electron chi connectivity index (χ4n) is 3.04. The van der Waals surface area contributed by atoms with E-state index >= 15 is 0 Å². The number of fused-ring (bicyclic) bond motifs is 5. The van der Waals surface area contributed by atoms with E-state index in [1.807, 2.05) is 48.5 Å². The van der Waals surface area contributed by atoms with Gasteiger partial charge in [0.1, 0.15) is 0 Å². The molecule has 100 valence electrons. The van der Waals surface area contributed by atoms with Crippen molar-refractivity contribution in [3.8, 4) is 0 Å². The lowest BCUT2D eigenvalue weighted by Crippen LogP contribution is -1.98. The molecule has 21 heavy (non-hydrogen) atoms. The van der Waals surface area contributed by atoms with Crippen molar-refractivity contribution in [2.45, 2.75) is 0 Å². The maximum absolute atomic E-state index is 11.6. The van der Waals surface area contributed by atoms with Crippen molar-refractivity contribution in [1.29, 1.82) is 0 Å². The molecule has 0 aliphatic carbocycles. The van der Waals surface area contributed by atoms with Gasteiger partial charge in [-0.25, -0.2) is 4.79 Å². The first-order valence-corrected chi connectivity index (χ1v) is 6.82. The van der Waals surface area contributed by atoms with E-state index < -0.39 is 5.97 Å². The average Bonchev–Trinajstić information content (AvgIpc) is 2.53. The van der Waals surface area contributed by atoms with Gasteiger partial charge in [0.2, 0.25) is 0 Å². The molecule has 0 unspecified atom stereocenters. The quantitative estimate of drug-likeness (QED) is 0.503. The predicted octanol–water partition coefficient (Wildman–Crippen LogP) is 4.84. The van der Waals surface area contributed by atoms with Gasteiger partial charge in [-0.15, -0.1) is 0 Å². The van der Waals surface area contributed by atoms with Crippen molar-refractivity contribution in [2.24, 2.45) is 0 Å². The summed E-state index contributed by atoms with van der Waals surface area (Å²) < 4.78 is 0. The lowest BCUT2D eigenvalue weighted by molar-refractivity contribution is 0.0699. The van der Waals surface area contributed by atoms with Gasteiger partial charge in [-0.05, 0) is 38.4 Å². The molecule has 0 saturated carbocycles. The third-order valence-corrected chi connectivity index (χ3v) is 4.00. The molecule has 0 spiro atoms. The van der Waals surface area contributed by atoms with Gasteiger partial charge in [0.05, 0.1) is 5.56 Å². The number of hydrogen-bond acceptors (Lipinski definition) is 1. The second-order valence-electron chi connectivity index (χ2n) is 5.16. The first-order chi connectivity index (χ1) is 10.3. The van der Waals surface area contributed by atoms with Crippen LogP contribution < -0.4 is 0 Å². The Balaban J connectivity index is 2.32. The minimum Gasteiger partial charge on any atom is -0.478 e. The van der Waals surface area contributed by atoms with Crippen molar-refractivity contribution in [1.82, 2.24) is 0 Å². The third kappa shape index (κ3) is 1.69. The maximum Gasteiger partial charge on any atom is 0.336 e. The first-order valence-electron chi connectivity index (χ1n) is 6.82. The topological polar surface area (TPSA) is 37.3 Å². The van der Waals surface area contributed by atoms with Crippen LogP contribution in [0, 0.1) is 0 Å². The molecule has 4 rings (SSSR count). The van der Waals surface area contributed by atoms with Gasteiger partial charge >= 0.3 is 5.97 Å². The van der Waals surface area contributed by atoms with Gasteiger partial charge in [-0.3, -0.25) is 0 Å². The fraction of sp³-hybridized carbons (Fsp3) is 0.